The molecule has 2 N–H and O–H groups in total. The third kappa shape index (κ3) is 4.14. The lowest BCUT2D eigenvalue weighted by atomic mass is 10.1. The lowest BCUT2D eigenvalue weighted by Gasteiger charge is -2.29. The van der Waals surface area contributed by atoms with E-state index in [0.717, 1.165) is 23.1 Å². The molecule has 1 aromatic heterocycles. The zero-order chi connectivity index (χ0) is 16.2. The Balaban J connectivity index is 1.58. The van der Waals surface area contributed by atoms with Gasteiger partial charge in [-0.2, -0.15) is 0 Å². The van der Waals surface area contributed by atoms with Crippen molar-refractivity contribution < 1.29 is 13.9 Å². The molecule has 6 heteroatoms. The van der Waals surface area contributed by atoms with E-state index in [1.165, 1.54) is 0 Å². The Kier molecular flexibility index (Phi) is 5.03. The zero-order valence-electron chi connectivity index (χ0n) is 12.7. The zero-order valence-corrected chi connectivity index (χ0v) is 14.3. The molecule has 1 aromatic carbocycles. The number of likely N-dealkylation sites (tertiary alicyclic amines) is 1. The minimum Gasteiger partial charge on any atom is -0.486 e. The van der Waals surface area contributed by atoms with Crippen LogP contribution in [0.1, 0.15) is 29.2 Å². The highest BCUT2D eigenvalue weighted by Gasteiger charge is 2.23. The highest BCUT2D eigenvalue weighted by atomic mass is 79.9. The molecule has 0 radical (unpaired) electrons. The summed E-state index contributed by atoms with van der Waals surface area (Å²) in [6.45, 7) is 1.66. The number of ether oxygens (including phenoxy) is 1. The maximum Gasteiger partial charge on any atom is 0.289 e. The van der Waals surface area contributed by atoms with E-state index in [-0.39, 0.29) is 18.6 Å². The van der Waals surface area contributed by atoms with Crippen molar-refractivity contribution in [3.8, 4) is 5.75 Å². The Labute approximate surface area is 143 Å². The first-order chi connectivity index (χ1) is 11.1. The van der Waals surface area contributed by atoms with Gasteiger partial charge < -0.3 is 19.8 Å². The van der Waals surface area contributed by atoms with E-state index < -0.39 is 0 Å². The second kappa shape index (κ2) is 7.19. The molecule has 2 heterocycles. The smallest absolute Gasteiger partial charge is 0.289 e. The van der Waals surface area contributed by atoms with Crippen LogP contribution in [0.25, 0.3) is 0 Å². The number of amides is 1. The highest BCUT2D eigenvalue weighted by Crippen LogP contribution is 2.20. The average Bonchev–Trinajstić information content (AvgIpc) is 3.02. The maximum absolute atomic E-state index is 12.4. The van der Waals surface area contributed by atoms with Crippen molar-refractivity contribution in [2.24, 2.45) is 5.73 Å². The number of furan rings is 1. The predicted molar refractivity (Wildman–Crippen MR) is 90.3 cm³/mol. The topological polar surface area (TPSA) is 68.7 Å². The van der Waals surface area contributed by atoms with Crippen molar-refractivity contribution in [2.45, 2.75) is 25.5 Å². The number of benzene rings is 1. The summed E-state index contributed by atoms with van der Waals surface area (Å²) in [5.41, 5.74) is 5.86. The molecule has 0 saturated carbocycles. The van der Waals surface area contributed by atoms with Crippen LogP contribution in [0, 0.1) is 0 Å². The van der Waals surface area contributed by atoms with Gasteiger partial charge in [-0.05, 0) is 43.2 Å². The third-order valence-electron chi connectivity index (χ3n) is 3.88. The molecule has 2 aromatic rings. The Bertz CT molecular complexity index is 678. The molecular weight excluding hydrogens is 360 g/mol. The molecule has 0 bridgehead atoms. The van der Waals surface area contributed by atoms with Gasteiger partial charge in [0.15, 0.2) is 5.76 Å². The van der Waals surface area contributed by atoms with Crippen LogP contribution in [0.4, 0.5) is 0 Å². The summed E-state index contributed by atoms with van der Waals surface area (Å²) in [6.07, 6.45) is 1.68. The number of carbonyl (C=O) groups is 1. The van der Waals surface area contributed by atoms with Gasteiger partial charge >= 0.3 is 0 Å². The highest BCUT2D eigenvalue weighted by molar-refractivity contribution is 9.10. The minimum absolute atomic E-state index is 0.0781. The van der Waals surface area contributed by atoms with Crippen LogP contribution < -0.4 is 10.5 Å². The van der Waals surface area contributed by atoms with Crippen molar-refractivity contribution in [1.82, 2.24) is 4.90 Å². The number of halogens is 1. The summed E-state index contributed by atoms with van der Waals surface area (Å²) in [7, 11) is 0. The van der Waals surface area contributed by atoms with Gasteiger partial charge in [-0.25, -0.2) is 0 Å². The van der Waals surface area contributed by atoms with Crippen molar-refractivity contribution in [2.75, 3.05) is 13.1 Å². The van der Waals surface area contributed by atoms with Gasteiger partial charge in [0.2, 0.25) is 0 Å². The van der Waals surface area contributed by atoms with E-state index in [4.69, 9.17) is 14.9 Å². The quantitative estimate of drug-likeness (QED) is 0.886. The van der Waals surface area contributed by atoms with Crippen molar-refractivity contribution in [1.29, 1.82) is 0 Å². The molecule has 0 unspecified atom stereocenters. The molecule has 1 aliphatic rings. The van der Waals surface area contributed by atoms with E-state index in [1.807, 2.05) is 24.3 Å². The van der Waals surface area contributed by atoms with Gasteiger partial charge in [0, 0.05) is 23.6 Å². The van der Waals surface area contributed by atoms with E-state index in [2.05, 4.69) is 15.9 Å². The monoisotopic (exact) mass is 378 g/mol. The van der Waals surface area contributed by atoms with Gasteiger partial charge in [0.25, 0.3) is 5.91 Å². The number of nitrogens with zero attached hydrogens (tertiary/aromatic N) is 1. The first-order valence-electron chi connectivity index (χ1n) is 7.64. The molecule has 1 saturated heterocycles. The van der Waals surface area contributed by atoms with E-state index >= 15 is 0 Å². The van der Waals surface area contributed by atoms with Crippen LogP contribution in [0.5, 0.6) is 5.75 Å². The Morgan fingerprint density at radius 3 is 2.83 bits per heavy atom. The van der Waals surface area contributed by atoms with Crippen LogP contribution in [0.3, 0.4) is 0 Å². The van der Waals surface area contributed by atoms with E-state index in [0.29, 0.717) is 24.6 Å². The van der Waals surface area contributed by atoms with Gasteiger partial charge in [-0.15, -0.1) is 0 Å². The normalized spacial score (nSPS) is 15.7. The molecule has 0 aliphatic carbocycles. The van der Waals surface area contributed by atoms with Crippen molar-refractivity contribution >= 4 is 21.8 Å². The number of hydrogen-bond acceptors (Lipinski definition) is 4. The summed E-state index contributed by atoms with van der Waals surface area (Å²) in [4.78, 5) is 14.2. The first kappa shape index (κ1) is 16.1. The van der Waals surface area contributed by atoms with Crippen LogP contribution in [0.15, 0.2) is 45.3 Å². The fraction of sp³-hybridized carbons (Fsp3) is 0.353. The van der Waals surface area contributed by atoms with Crippen LogP contribution in [0.2, 0.25) is 0 Å². The fourth-order valence-corrected chi connectivity index (χ4v) is 2.92. The third-order valence-corrected chi connectivity index (χ3v) is 4.37. The first-order valence-corrected chi connectivity index (χ1v) is 8.43. The lowest BCUT2D eigenvalue weighted by molar-refractivity contribution is 0.0678. The lowest BCUT2D eigenvalue weighted by Crippen LogP contribution is -2.42. The van der Waals surface area contributed by atoms with Crippen LogP contribution in [-0.4, -0.2) is 29.9 Å². The number of piperidine rings is 1. The second-order valence-electron chi connectivity index (χ2n) is 5.64. The van der Waals surface area contributed by atoms with Crippen LogP contribution >= 0.6 is 15.9 Å². The van der Waals surface area contributed by atoms with E-state index in [1.54, 1.807) is 17.0 Å². The number of hydrogen-bond donors (Lipinski definition) is 1. The predicted octanol–water partition coefficient (Wildman–Crippen LogP) is 3.18. The molecule has 3 rings (SSSR count). The minimum atomic E-state index is -0.0781. The summed E-state index contributed by atoms with van der Waals surface area (Å²) in [5.74, 6) is 1.65. The van der Waals surface area contributed by atoms with Gasteiger partial charge in [-0.3, -0.25) is 4.79 Å². The molecule has 1 amide bonds. The van der Waals surface area contributed by atoms with Gasteiger partial charge in [0.1, 0.15) is 18.1 Å². The molecule has 0 atom stereocenters. The molecule has 5 nitrogen and oxygen atoms in total. The SMILES string of the molecule is NC1CCN(C(=O)c2ccc(COc3cccc(Br)c3)o2)CC1. The Morgan fingerprint density at radius 2 is 2.09 bits per heavy atom. The van der Waals surface area contributed by atoms with Gasteiger partial charge in [0.05, 0.1) is 0 Å². The summed E-state index contributed by atoms with van der Waals surface area (Å²) in [6, 6.07) is 11.3. The summed E-state index contributed by atoms with van der Waals surface area (Å²) >= 11 is 3.40. The number of carbonyl (C=O) groups excluding carboxylic acids is 1. The largest absolute Gasteiger partial charge is 0.486 e. The van der Waals surface area contributed by atoms with Gasteiger partial charge in [-0.1, -0.05) is 22.0 Å². The Hall–Kier alpha value is -1.79. The molecule has 1 aliphatic heterocycles. The molecular formula is C17H19BrN2O3. The average molecular weight is 379 g/mol. The standard InChI is InChI=1S/C17H19BrN2O3/c18-12-2-1-3-14(10-12)22-11-15-4-5-16(23-15)17(21)20-8-6-13(19)7-9-20/h1-5,10,13H,6-9,11,19H2. The van der Waals surface area contributed by atoms with Crippen LogP contribution in [-0.2, 0) is 6.61 Å². The molecule has 0 spiro atoms. The van der Waals surface area contributed by atoms with Crippen molar-refractivity contribution in [3.63, 3.8) is 0 Å². The fourth-order valence-electron chi connectivity index (χ4n) is 2.54. The summed E-state index contributed by atoms with van der Waals surface area (Å²) < 4.78 is 12.2. The van der Waals surface area contributed by atoms with Crippen molar-refractivity contribution in [3.05, 3.63) is 52.4 Å². The number of nitrogens with two attached hydrogens (primary N) is 1. The molecule has 23 heavy (non-hydrogen) atoms. The summed E-state index contributed by atoms with van der Waals surface area (Å²) in [5, 5.41) is 0. The molecule has 1 fully saturated rings. The molecule has 122 valence electrons. The maximum atomic E-state index is 12.4. The number of rotatable bonds is 4. The second-order valence-corrected chi connectivity index (χ2v) is 6.56. The Morgan fingerprint density at radius 1 is 1.30 bits per heavy atom. The van der Waals surface area contributed by atoms with E-state index in [9.17, 15) is 4.79 Å².